The van der Waals surface area contributed by atoms with Gasteiger partial charge in [-0.05, 0) is 18.6 Å². The average molecular weight is 341 g/mol. The Hall–Kier alpha value is -2.09. The summed E-state index contributed by atoms with van der Waals surface area (Å²) in [6.45, 7) is 1.83. The number of alkyl halides is 3. The van der Waals surface area contributed by atoms with Crippen LogP contribution in [0.3, 0.4) is 0 Å². The van der Waals surface area contributed by atoms with Crippen molar-refractivity contribution in [1.82, 2.24) is 15.3 Å². The lowest BCUT2D eigenvalue weighted by Crippen LogP contribution is -2.28. The number of rotatable bonds is 5. The minimum absolute atomic E-state index is 0.0571. The van der Waals surface area contributed by atoms with Crippen LogP contribution in [0, 0.1) is 0 Å². The van der Waals surface area contributed by atoms with Crippen LogP contribution >= 0.6 is 11.8 Å². The van der Waals surface area contributed by atoms with Gasteiger partial charge in [0, 0.05) is 6.20 Å². The second kappa shape index (κ2) is 7.45. The molecule has 2 aromatic rings. The van der Waals surface area contributed by atoms with E-state index in [-0.39, 0.29) is 22.9 Å². The number of nitrogens with zero attached hydrogens (tertiary/aromatic N) is 2. The molecule has 2 rings (SSSR count). The van der Waals surface area contributed by atoms with Crippen LogP contribution in [-0.4, -0.2) is 21.6 Å². The van der Waals surface area contributed by atoms with Crippen molar-refractivity contribution >= 4 is 17.7 Å². The number of hydrogen-bond acceptors (Lipinski definition) is 4. The second-order valence-corrected chi connectivity index (χ2v) is 5.65. The van der Waals surface area contributed by atoms with Crippen molar-refractivity contribution in [1.29, 1.82) is 0 Å². The van der Waals surface area contributed by atoms with Gasteiger partial charge in [0.05, 0.1) is 11.8 Å². The monoisotopic (exact) mass is 341 g/mol. The third-order valence-corrected chi connectivity index (χ3v) is 3.79. The van der Waals surface area contributed by atoms with E-state index in [1.54, 1.807) is 0 Å². The molecule has 1 unspecified atom stereocenters. The number of thioether (sulfide) groups is 1. The van der Waals surface area contributed by atoms with Gasteiger partial charge in [-0.3, -0.25) is 4.79 Å². The minimum Gasteiger partial charge on any atom is -0.349 e. The van der Waals surface area contributed by atoms with Crippen LogP contribution in [0.1, 0.15) is 24.2 Å². The van der Waals surface area contributed by atoms with Crippen molar-refractivity contribution in [2.45, 2.75) is 24.3 Å². The first-order chi connectivity index (χ1) is 10.9. The predicted molar refractivity (Wildman–Crippen MR) is 80.8 cm³/mol. The Labute approximate surface area is 135 Å². The Morgan fingerprint density at radius 3 is 2.61 bits per heavy atom. The van der Waals surface area contributed by atoms with E-state index in [1.807, 2.05) is 37.3 Å². The number of hydrogen-bond donors (Lipinski definition) is 1. The Morgan fingerprint density at radius 1 is 1.26 bits per heavy atom. The molecule has 23 heavy (non-hydrogen) atoms. The van der Waals surface area contributed by atoms with Crippen LogP contribution < -0.4 is 5.32 Å². The molecule has 0 aliphatic heterocycles. The van der Waals surface area contributed by atoms with Gasteiger partial charge >= 0.3 is 6.18 Å². The van der Waals surface area contributed by atoms with Crippen molar-refractivity contribution in [3.8, 4) is 0 Å². The first-order valence-electron chi connectivity index (χ1n) is 6.73. The predicted octanol–water partition coefficient (Wildman–Crippen LogP) is 3.46. The number of nitrogens with one attached hydrogen (secondary N) is 1. The van der Waals surface area contributed by atoms with Crippen molar-refractivity contribution < 1.29 is 18.0 Å². The normalized spacial score (nSPS) is 12.7. The first-order valence-corrected chi connectivity index (χ1v) is 7.72. The Morgan fingerprint density at radius 2 is 1.96 bits per heavy atom. The lowest BCUT2D eigenvalue weighted by molar-refractivity contribution is -0.141. The lowest BCUT2D eigenvalue weighted by Gasteiger charge is -2.14. The molecule has 1 aromatic carbocycles. The topological polar surface area (TPSA) is 54.9 Å². The summed E-state index contributed by atoms with van der Waals surface area (Å²) in [6, 6.07) is 9.97. The van der Waals surface area contributed by atoms with Crippen molar-refractivity contribution in [3.63, 3.8) is 0 Å². The van der Waals surface area contributed by atoms with E-state index in [4.69, 9.17) is 0 Å². The highest BCUT2D eigenvalue weighted by molar-refractivity contribution is 7.99. The molecule has 0 saturated heterocycles. The molecule has 0 fully saturated rings. The summed E-state index contributed by atoms with van der Waals surface area (Å²) in [5.74, 6) is -0.356. The highest BCUT2D eigenvalue weighted by Gasteiger charge is 2.32. The minimum atomic E-state index is -4.53. The third-order valence-electron chi connectivity index (χ3n) is 2.93. The van der Waals surface area contributed by atoms with E-state index >= 15 is 0 Å². The summed E-state index contributed by atoms with van der Waals surface area (Å²) in [5, 5.41) is 2.69. The fourth-order valence-electron chi connectivity index (χ4n) is 1.81. The molecule has 122 valence electrons. The van der Waals surface area contributed by atoms with E-state index in [0.717, 1.165) is 29.6 Å². The molecule has 8 heteroatoms. The summed E-state index contributed by atoms with van der Waals surface area (Å²) in [5.41, 5.74) is -0.0748. The van der Waals surface area contributed by atoms with Gasteiger partial charge in [-0.15, -0.1) is 0 Å². The zero-order chi connectivity index (χ0) is 16.9. The fraction of sp³-hybridized carbons (Fsp3) is 0.267. The average Bonchev–Trinajstić information content (AvgIpc) is 2.53. The number of halogens is 3. The summed E-state index contributed by atoms with van der Waals surface area (Å²) in [7, 11) is 0. The molecule has 0 bridgehead atoms. The molecule has 1 atom stereocenters. The van der Waals surface area contributed by atoms with Gasteiger partial charge < -0.3 is 5.32 Å². The number of carbonyl (C=O) groups excluding carboxylic acids is 1. The highest BCUT2D eigenvalue weighted by Crippen LogP contribution is 2.28. The molecule has 0 radical (unpaired) electrons. The molecule has 1 N–H and O–H groups in total. The maximum absolute atomic E-state index is 12.5. The molecule has 1 aromatic heterocycles. The maximum Gasteiger partial charge on any atom is 0.433 e. The molecule has 0 saturated carbocycles. The third kappa shape index (κ3) is 5.24. The fourth-order valence-corrected chi connectivity index (χ4v) is 2.45. The quantitative estimate of drug-likeness (QED) is 0.668. The highest BCUT2D eigenvalue weighted by atomic mass is 32.2. The molecule has 1 heterocycles. The smallest absolute Gasteiger partial charge is 0.349 e. The van der Waals surface area contributed by atoms with E-state index in [9.17, 15) is 18.0 Å². The first kappa shape index (κ1) is 17.3. The summed E-state index contributed by atoms with van der Waals surface area (Å²) >= 11 is 0.862. The standard InChI is InChI=1S/C15H14F3N3OS/c1-10(11-5-3-2-4-6-11)20-13(22)9-23-14-19-8-7-12(21-14)15(16,17)18/h2-8,10H,9H2,1H3,(H,20,22). The van der Waals surface area contributed by atoms with Crippen molar-refractivity contribution in [2.75, 3.05) is 5.75 Å². The Balaban J connectivity index is 1.90. The molecule has 4 nitrogen and oxygen atoms in total. The van der Waals surface area contributed by atoms with E-state index in [0.29, 0.717) is 0 Å². The largest absolute Gasteiger partial charge is 0.433 e. The van der Waals surface area contributed by atoms with Crippen LogP contribution in [0.25, 0.3) is 0 Å². The van der Waals surface area contributed by atoms with Crippen LogP contribution in [-0.2, 0) is 11.0 Å². The second-order valence-electron chi connectivity index (χ2n) is 4.71. The van der Waals surface area contributed by atoms with Gasteiger partial charge in [0.2, 0.25) is 5.91 Å². The van der Waals surface area contributed by atoms with Crippen LogP contribution in [0.2, 0.25) is 0 Å². The van der Waals surface area contributed by atoms with Crippen LogP contribution in [0.15, 0.2) is 47.8 Å². The zero-order valence-corrected chi connectivity index (χ0v) is 13.0. The summed E-state index contributed by atoms with van der Waals surface area (Å²) < 4.78 is 37.6. The lowest BCUT2D eigenvalue weighted by atomic mass is 10.1. The van der Waals surface area contributed by atoms with Gasteiger partial charge in [0.25, 0.3) is 0 Å². The Bertz CT molecular complexity index is 665. The Kier molecular flexibility index (Phi) is 5.59. The number of amides is 1. The number of carbonyl (C=O) groups is 1. The SMILES string of the molecule is CC(NC(=O)CSc1nccc(C(F)(F)F)n1)c1ccccc1. The molecule has 0 spiro atoms. The van der Waals surface area contributed by atoms with Crippen LogP contribution in [0.4, 0.5) is 13.2 Å². The molecule has 0 aliphatic carbocycles. The van der Waals surface area contributed by atoms with E-state index in [2.05, 4.69) is 15.3 Å². The maximum atomic E-state index is 12.5. The number of benzene rings is 1. The summed E-state index contributed by atoms with van der Waals surface area (Å²) in [6.07, 6.45) is -3.50. The van der Waals surface area contributed by atoms with Gasteiger partial charge in [-0.1, -0.05) is 42.1 Å². The van der Waals surface area contributed by atoms with E-state index in [1.165, 1.54) is 0 Å². The number of aromatic nitrogens is 2. The molecule has 1 amide bonds. The molecule has 0 aliphatic rings. The van der Waals surface area contributed by atoms with Gasteiger partial charge in [-0.25, -0.2) is 9.97 Å². The van der Waals surface area contributed by atoms with Gasteiger partial charge in [0.1, 0.15) is 5.69 Å². The zero-order valence-electron chi connectivity index (χ0n) is 12.2. The molecular formula is C15H14F3N3OS. The van der Waals surface area contributed by atoms with Crippen LogP contribution in [0.5, 0.6) is 0 Å². The van der Waals surface area contributed by atoms with Gasteiger partial charge in [-0.2, -0.15) is 13.2 Å². The van der Waals surface area contributed by atoms with Gasteiger partial charge in [0.15, 0.2) is 5.16 Å². The van der Waals surface area contributed by atoms with Crippen molar-refractivity contribution in [3.05, 3.63) is 53.9 Å². The molecular weight excluding hydrogens is 327 g/mol. The summed E-state index contributed by atoms with van der Waals surface area (Å²) in [4.78, 5) is 19.0. The van der Waals surface area contributed by atoms with Crippen molar-refractivity contribution in [2.24, 2.45) is 0 Å². The van der Waals surface area contributed by atoms with E-state index < -0.39 is 11.9 Å².